The number of piperidine rings is 1. The highest BCUT2D eigenvalue weighted by Gasteiger charge is 2.44. The molecule has 0 spiro atoms. The summed E-state index contributed by atoms with van der Waals surface area (Å²) >= 11 is 9.66. The maximum Gasteiger partial charge on any atom is 0.471 e. The van der Waals surface area contributed by atoms with Crippen LogP contribution in [0.15, 0.2) is 40.9 Å². The number of carbonyl (C=O) groups is 1. The second-order valence-electron chi connectivity index (χ2n) is 6.73. The maximum absolute atomic E-state index is 12.9. The molecule has 9 heteroatoms. The van der Waals surface area contributed by atoms with Crippen LogP contribution in [0.4, 0.5) is 18.9 Å². The molecule has 2 aromatic rings. The second kappa shape index (κ2) is 7.15. The van der Waals surface area contributed by atoms with Gasteiger partial charge in [-0.3, -0.25) is 4.79 Å². The zero-order valence-corrected chi connectivity index (χ0v) is 16.7. The fourth-order valence-electron chi connectivity index (χ4n) is 3.81. The van der Waals surface area contributed by atoms with Crippen molar-refractivity contribution in [2.45, 2.75) is 31.1 Å². The lowest BCUT2D eigenvalue weighted by Gasteiger charge is -2.42. The Hall–Kier alpha value is -1.93. The van der Waals surface area contributed by atoms with Gasteiger partial charge in [-0.05, 0) is 47.0 Å². The quantitative estimate of drug-likeness (QED) is 0.584. The van der Waals surface area contributed by atoms with Crippen molar-refractivity contribution in [3.63, 3.8) is 0 Å². The third-order valence-corrected chi connectivity index (χ3v) is 6.17. The van der Waals surface area contributed by atoms with Crippen LogP contribution in [0.3, 0.4) is 0 Å². The number of hydrogen-bond donors (Lipinski definition) is 1. The Labute approximate surface area is 172 Å². The van der Waals surface area contributed by atoms with Crippen molar-refractivity contribution in [2.75, 3.05) is 11.4 Å². The zero-order valence-electron chi connectivity index (χ0n) is 14.4. The summed E-state index contributed by atoms with van der Waals surface area (Å²) in [6.07, 6.45) is -3.89. The van der Waals surface area contributed by atoms with Crippen LogP contribution in [0, 0.1) is 0 Å². The Bertz CT molecular complexity index is 938. The fourth-order valence-corrected chi connectivity index (χ4v) is 4.29. The van der Waals surface area contributed by atoms with Crippen molar-refractivity contribution in [1.82, 2.24) is 5.32 Å². The van der Waals surface area contributed by atoms with Crippen LogP contribution < -0.4 is 15.0 Å². The monoisotopic (exact) mass is 474 g/mol. The number of nitrogens with one attached hydrogen (secondary N) is 1. The summed E-state index contributed by atoms with van der Waals surface area (Å²) in [5.74, 6) is -0.844. The van der Waals surface area contributed by atoms with Crippen LogP contribution in [0.1, 0.15) is 24.4 Å². The number of ether oxygens (including phenoxy) is 1. The number of carbonyl (C=O) groups excluding carboxylic acids is 1. The van der Waals surface area contributed by atoms with E-state index in [-0.39, 0.29) is 0 Å². The van der Waals surface area contributed by atoms with E-state index in [1.807, 2.05) is 11.0 Å². The molecular formula is C19H15BrClF3N2O2. The van der Waals surface area contributed by atoms with Crippen LogP contribution in [0.2, 0.25) is 5.02 Å². The molecule has 1 saturated heterocycles. The topological polar surface area (TPSA) is 41.6 Å². The summed E-state index contributed by atoms with van der Waals surface area (Å²) < 4.78 is 45.3. The Morgan fingerprint density at radius 3 is 2.75 bits per heavy atom. The Morgan fingerprint density at radius 1 is 1.25 bits per heavy atom. The number of halogens is 5. The molecule has 2 atom stereocenters. The Balaban J connectivity index is 1.83. The van der Waals surface area contributed by atoms with Gasteiger partial charge in [0.2, 0.25) is 0 Å². The van der Waals surface area contributed by atoms with Crippen molar-refractivity contribution in [3.05, 3.63) is 51.5 Å². The molecule has 1 amide bonds. The first kappa shape index (κ1) is 19.4. The number of hydrogen-bond acceptors (Lipinski definition) is 3. The first-order valence-corrected chi connectivity index (χ1v) is 9.83. The highest BCUT2D eigenvalue weighted by Crippen LogP contribution is 2.49. The van der Waals surface area contributed by atoms with Crippen molar-refractivity contribution in [1.29, 1.82) is 0 Å². The van der Waals surface area contributed by atoms with E-state index in [9.17, 15) is 18.0 Å². The average Bonchev–Trinajstić information content (AvgIpc) is 2.77. The SMILES string of the molecule is O=C(N[C@H]1CCCN2c3cc(Cl)c(Br)cc3Oc3ccccc3[C@@H]12)C(F)(F)F. The second-order valence-corrected chi connectivity index (χ2v) is 7.99. The predicted molar refractivity (Wildman–Crippen MR) is 103 cm³/mol. The van der Waals surface area contributed by atoms with Gasteiger partial charge in [0.1, 0.15) is 5.75 Å². The zero-order chi connectivity index (χ0) is 20.1. The van der Waals surface area contributed by atoms with Crippen molar-refractivity contribution < 1.29 is 22.7 Å². The highest BCUT2D eigenvalue weighted by atomic mass is 79.9. The normalized spacial score (nSPS) is 21.0. The summed E-state index contributed by atoms with van der Waals surface area (Å²) in [4.78, 5) is 13.6. The summed E-state index contributed by atoms with van der Waals surface area (Å²) in [7, 11) is 0. The number of anilines is 1. The van der Waals surface area contributed by atoms with Crippen LogP contribution >= 0.6 is 27.5 Å². The number of fused-ring (bicyclic) bond motifs is 5. The first-order valence-electron chi connectivity index (χ1n) is 8.66. The van der Waals surface area contributed by atoms with E-state index < -0.39 is 24.2 Å². The number of benzene rings is 2. The number of alkyl halides is 3. The lowest BCUT2D eigenvalue weighted by molar-refractivity contribution is -0.174. The maximum atomic E-state index is 12.9. The van der Waals surface area contributed by atoms with Crippen LogP contribution in [0.25, 0.3) is 0 Å². The molecule has 0 aromatic heterocycles. The molecule has 0 aliphatic carbocycles. The molecule has 0 radical (unpaired) electrons. The van der Waals surface area contributed by atoms with Gasteiger partial charge in [-0.25, -0.2) is 0 Å². The number of amides is 1. The summed E-state index contributed by atoms with van der Waals surface area (Å²) in [5.41, 5.74) is 1.40. The highest BCUT2D eigenvalue weighted by molar-refractivity contribution is 9.10. The Kier molecular flexibility index (Phi) is 4.95. The van der Waals surface area contributed by atoms with Crippen LogP contribution in [-0.2, 0) is 4.79 Å². The molecule has 0 bridgehead atoms. The molecule has 2 heterocycles. The molecule has 1 N–H and O–H groups in total. The molecule has 2 aliphatic rings. The van der Waals surface area contributed by atoms with Crippen molar-refractivity contribution in [3.8, 4) is 11.5 Å². The van der Waals surface area contributed by atoms with E-state index in [2.05, 4.69) is 21.2 Å². The molecule has 0 saturated carbocycles. The lowest BCUT2D eigenvalue weighted by Crippen LogP contribution is -2.52. The largest absolute Gasteiger partial charge is 0.471 e. The molecule has 28 heavy (non-hydrogen) atoms. The first-order chi connectivity index (χ1) is 13.3. The van der Waals surface area contributed by atoms with E-state index in [0.717, 1.165) is 5.56 Å². The fraction of sp³-hybridized carbons (Fsp3) is 0.316. The van der Waals surface area contributed by atoms with E-state index in [1.165, 1.54) is 0 Å². The number of para-hydroxylation sites is 1. The van der Waals surface area contributed by atoms with Gasteiger partial charge < -0.3 is 15.0 Å². The smallest absolute Gasteiger partial charge is 0.455 e. The van der Waals surface area contributed by atoms with Gasteiger partial charge in [0.15, 0.2) is 5.75 Å². The lowest BCUT2D eigenvalue weighted by atomic mass is 9.89. The number of nitrogens with zero attached hydrogens (tertiary/aromatic N) is 1. The molecule has 2 aliphatic heterocycles. The molecular weight excluding hydrogens is 461 g/mol. The third kappa shape index (κ3) is 3.43. The van der Waals surface area contributed by atoms with Gasteiger partial charge in [0, 0.05) is 16.6 Å². The minimum absolute atomic E-state index is 0.427. The van der Waals surface area contributed by atoms with Crippen molar-refractivity contribution in [2.24, 2.45) is 0 Å². The van der Waals surface area contributed by atoms with E-state index >= 15 is 0 Å². The van der Waals surface area contributed by atoms with Gasteiger partial charge in [-0.1, -0.05) is 29.8 Å². The van der Waals surface area contributed by atoms with Gasteiger partial charge in [-0.2, -0.15) is 13.2 Å². The van der Waals surface area contributed by atoms with Gasteiger partial charge in [-0.15, -0.1) is 0 Å². The minimum atomic E-state index is -4.94. The molecule has 4 rings (SSSR count). The van der Waals surface area contributed by atoms with Gasteiger partial charge in [0.25, 0.3) is 0 Å². The number of rotatable bonds is 1. The summed E-state index contributed by atoms with van der Waals surface area (Å²) in [5, 5.41) is 2.65. The van der Waals surface area contributed by atoms with Gasteiger partial charge in [0.05, 0.1) is 22.8 Å². The van der Waals surface area contributed by atoms with Crippen molar-refractivity contribution >= 4 is 39.1 Å². The molecule has 148 valence electrons. The Morgan fingerprint density at radius 2 is 2.00 bits per heavy atom. The summed E-state index contributed by atoms with van der Waals surface area (Å²) in [6.45, 7) is 0.603. The average molecular weight is 476 g/mol. The minimum Gasteiger partial charge on any atom is -0.455 e. The third-order valence-electron chi connectivity index (χ3n) is 4.97. The predicted octanol–water partition coefficient (Wildman–Crippen LogP) is 5.60. The van der Waals surface area contributed by atoms with E-state index in [1.54, 1.807) is 30.3 Å². The standard InChI is InChI=1S/C19H15BrClF3N2O2/c20-11-8-16-14(9-12(11)21)26-7-3-5-13(25-18(27)19(22,23)24)17(26)10-4-1-2-6-15(10)28-16/h1-2,4,6,8-9,13,17H,3,5,7H2,(H,25,27)/t13-,17-/m0/s1. The summed E-state index contributed by atoms with van der Waals surface area (Å²) in [6, 6.07) is 9.43. The van der Waals surface area contributed by atoms with Crippen LogP contribution in [-0.4, -0.2) is 24.7 Å². The molecule has 2 aromatic carbocycles. The molecule has 0 unspecified atom stereocenters. The molecule has 4 nitrogen and oxygen atoms in total. The van der Waals surface area contributed by atoms with E-state index in [0.29, 0.717) is 46.1 Å². The van der Waals surface area contributed by atoms with Crippen LogP contribution in [0.5, 0.6) is 11.5 Å². The van der Waals surface area contributed by atoms with E-state index in [4.69, 9.17) is 16.3 Å². The molecule has 1 fully saturated rings. The van der Waals surface area contributed by atoms with Gasteiger partial charge >= 0.3 is 12.1 Å².